The molecule has 0 radical (unpaired) electrons. The van der Waals surface area contributed by atoms with Crippen LogP contribution in [0.25, 0.3) is 11.3 Å². The quantitative estimate of drug-likeness (QED) is 0.803. The lowest BCUT2D eigenvalue weighted by Gasteiger charge is -2.35. The summed E-state index contributed by atoms with van der Waals surface area (Å²) in [5.74, 6) is -1.01. The van der Waals surface area contributed by atoms with Gasteiger partial charge in [0.25, 0.3) is 0 Å². The molecule has 2 heterocycles. The van der Waals surface area contributed by atoms with Crippen LogP contribution < -0.4 is 5.32 Å². The van der Waals surface area contributed by atoms with Crippen LogP contribution in [0.2, 0.25) is 0 Å². The van der Waals surface area contributed by atoms with Gasteiger partial charge in [-0.1, -0.05) is 31.2 Å². The van der Waals surface area contributed by atoms with E-state index in [4.69, 9.17) is 0 Å². The van der Waals surface area contributed by atoms with E-state index < -0.39 is 11.8 Å². The van der Waals surface area contributed by atoms with Crippen molar-refractivity contribution in [2.24, 2.45) is 5.92 Å². The van der Waals surface area contributed by atoms with Crippen molar-refractivity contribution in [1.82, 2.24) is 10.2 Å². The third-order valence-corrected chi connectivity index (χ3v) is 4.39. The maximum absolute atomic E-state index is 12.8. The summed E-state index contributed by atoms with van der Waals surface area (Å²) in [5, 5.41) is 11.3. The summed E-state index contributed by atoms with van der Waals surface area (Å²) in [7, 11) is 0. The molecule has 21 heavy (non-hydrogen) atoms. The molecule has 104 valence electrons. The number of hydrogen-bond acceptors (Lipinski definition) is 4. The number of benzene rings is 1. The summed E-state index contributed by atoms with van der Waals surface area (Å²) >= 11 is 0. The molecule has 1 aromatic heterocycles. The number of anilines is 1. The lowest BCUT2D eigenvalue weighted by atomic mass is 9.72. The molecule has 5 heteroatoms. The summed E-state index contributed by atoms with van der Waals surface area (Å²) < 4.78 is 0. The van der Waals surface area contributed by atoms with Crippen molar-refractivity contribution >= 4 is 17.4 Å². The van der Waals surface area contributed by atoms with Crippen LogP contribution in [0.5, 0.6) is 0 Å². The van der Waals surface area contributed by atoms with Crippen molar-refractivity contribution in [3.8, 4) is 11.3 Å². The summed E-state index contributed by atoms with van der Waals surface area (Å²) in [4.78, 5) is 25.0. The average molecular weight is 279 g/mol. The molecule has 0 fully saturated rings. The molecule has 0 saturated carbocycles. The van der Waals surface area contributed by atoms with Gasteiger partial charge in [-0.15, -0.1) is 5.10 Å². The number of ketones is 1. The Hall–Kier alpha value is -2.56. The third kappa shape index (κ3) is 1.46. The fourth-order valence-corrected chi connectivity index (χ4v) is 3.27. The number of hydrogen-bond donors (Lipinski definition) is 1. The Morgan fingerprint density at radius 3 is 2.57 bits per heavy atom. The summed E-state index contributed by atoms with van der Waals surface area (Å²) in [6.45, 7) is 3.58. The molecule has 5 nitrogen and oxygen atoms in total. The minimum absolute atomic E-state index is 0.00546. The van der Waals surface area contributed by atoms with Crippen LogP contribution in [0.15, 0.2) is 24.3 Å². The highest BCUT2D eigenvalue weighted by Gasteiger charge is 2.44. The Kier molecular flexibility index (Phi) is 2.31. The molecule has 1 amide bonds. The first-order chi connectivity index (χ1) is 10.1. The van der Waals surface area contributed by atoms with E-state index in [1.54, 1.807) is 19.9 Å². The van der Waals surface area contributed by atoms with Crippen LogP contribution in [0.1, 0.15) is 34.5 Å². The molecule has 1 aromatic carbocycles. The Balaban J connectivity index is 2.12. The van der Waals surface area contributed by atoms with Crippen LogP contribution in [-0.2, 0) is 4.79 Å². The van der Waals surface area contributed by atoms with Gasteiger partial charge in [-0.25, -0.2) is 0 Å². The summed E-state index contributed by atoms with van der Waals surface area (Å²) in [6.07, 6.45) is 0. The molecule has 0 unspecified atom stereocenters. The van der Waals surface area contributed by atoms with Gasteiger partial charge in [-0.3, -0.25) is 9.59 Å². The predicted molar refractivity (Wildman–Crippen MR) is 77.1 cm³/mol. The number of carbonyl (C=O) groups is 2. The maximum Gasteiger partial charge on any atom is 0.228 e. The first-order valence-electron chi connectivity index (χ1n) is 6.91. The minimum Gasteiger partial charge on any atom is -0.324 e. The van der Waals surface area contributed by atoms with E-state index in [1.165, 1.54) is 0 Å². The Morgan fingerprint density at radius 1 is 1.10 bits per heavy atom. The molecule has 0 bridgehead atoms. The molecule has 0 saturated heterocycles. The van der Waals surface area contributed by atoms with Gasteiger partial charge in [0.05, 0.1) is 23.0 Å². The van der Waals surface area contributed by atoms with E-state index in [-0.39, 0.29) is 11.7 Å². The van der Waals surface area contributed by atoms with E-state index in [9.17, 15) is 9.59 Å². The number of fused-ring (bicyclic) bond motifs is 2. The van der Waals surface area contributed by atoms with Gasteiger partial charge in [-0.2, -0.15) is 5.10 Å². The Morgan fingerprint density at radius 2 is 1.81 bits per heavy atom. The molecular weight excluding hydrogens is 266 g/mol. The van der Waals surface area contributed by atoms with E-state index in [0.717, 1.165) is 11.1 Å². The molecule has 2 aromatic rings. The zero-order valence-electron chi connectivity index (χ0n) is 11.7. The second-order valence-corrected chi connectivity index (χ2v) is 5.59. The standard InChI is InChI=1S/C16H13N3O2/c1-7-11-12-13(17-16(7)21)8(2)18-19-14(12)9-5-3-4-6-10(9)15(11)20/h3-7,11H,1-2H3,(H,17,21)/t7-,11+/m0/s1. The van der Waals surface area contributed by atoms with Crippen LogP contribution >= 0.6 is 0 Å². The predicted octanol–water partition coefficient (Wildman–Crippen LogP) is 2.32. The van der Waals surface area contributed by atoms with Gasteiger partial charge in [-0.05, 0) is 6.92 Å². The number of amides is 1. The van der Waals surface area contributed by atoms with Crippen molar-refractivity contribution in [2.75, 3.05) is 5.32 Å². The average Bonchev–Trinajstić information content (AvgIpc) is 2.49. The molecule has 1 aliphatic heterocycles. The molecule has 2 atom stereocenters. The minimum atomic E-state index is -0.465. The van der Waals surface area contributed by atoms with Gasteiger partial charge < -0.3 is 5.32 Å². The van der Waals surface area contributed by atoms with Gasteiger partial charge in [0.1, 0.15) is 0 Å². The summed E-state index contributed by atoms with van der Waals surface area (Å²) in [5.41, 5.74) is 4.24. The number of nitrogens with one attached hydrogen (secondary N) is 1. The first-order valence-corrected chi connectivity index (χ1v) is 6.91. The van der Waals surface area contributed by atoms with E-state index in [1.807, 2.05) is 18.2 Å². The zero-order chi connectivity index (χ0) is 14.7. The second kappa shape index (κ2) is 3.97. The lowest BCUT2D eigenvalue weighted by molar-refractivity contribution is -0.120. The van der Waals surface area contributed by atoms with Crippen molar-refractivity contribution in [2.45, 2.75) is 19.8 Å². The number of carbonyl (C=O) groups excluding carboxylic acids is 2. The molecular formula is C16H13N3O2. The Bertz CT molecular complexity index is 813. The second-order valence-electron chi connectivity index (χ2n) is 5.59. The topological polar surface area (TPSA) is 72.0 Å². The van der Waals surface area contributed by atoms with Gasteiger partial charge in [0.2, 0.25) is 5.91 Å². The smallest absolute Gasteiger partial charge is 0.228 e. The largest absolute Gasteiger partial charge is 0.324 e. The van der Waals surface area contributed by atoms with Gasteiger partial charge in [0.15, 0.2) is 5.78 Å². The van der Waals surface area contributed by atoms with E-state index in [2.05, 4.69) is 15.5 Å². The van der Waals surface area contributed by atoms with Crippen LogP contribution in [0.4, 0.5) is 5.69 Å². The number of aromatic nitrogens is 2. The third-order valence-electron chi connectivity index (χ3n) is 4.39. The van der Waals surface area contributed by atoms with Gasteiger partial charge in [0, 0.05) is 22.6 Å². The highest BCUT2D eigenvalue weighted by Crippen LogP contribution is 2.47. The van der Waals surface area contributed by atoms with Crippen molar-refractivity contribution in [1.29, 1.82) is 0 Å². The first kappa shape index (κ1) is 12.2. The molecule has 1 N–H and O–H groups in total. The normalized spacial score (nSPS) is 22.4. The number of Topliss-reactive ketones (excluding diaryl/α,β-unsaturated/α-hetero) is 1. The number of rotatable bonds is 0. The van der Waals surface area contributed by atoms with Crippen LogP contribution in [-0.4, -0.2) is 21.9 Å². The van der Waals surface area contributed by atoms with E-state index in [0.29, 0.717) is 22.6 Å². The van der Waals surface area contributed by atoms with E-state index >= 15 is 0 Å². The highest BCUT2D eigenvalue weighted by atomic mass is 16.2. The molecule has 4 rings (SSSR count). The zero-order valence-corrected chi connectivity index (χ0v) is 11.7. The molecule has 1 aliphatic carbocycles. The Labute approximate surface area is 121 Å². The molecule has 0 spiro atoms. The summed E-state index contributed by atoms with van der Waals surface area (Å²) in [6, 6.07) is 7.38. The SMILES string of the molecule is Cc1nnc2c3c1NC(=O)[C@@H](C)[C@H]3C(=O)c1ccccc1-2. The molecule has 2 aliphatic rings. The van der Waals surface area contributed by atoms with Crippen LogP contribution in [0, 0.1) is 12.8 Å². The van der Waals surface area contributed by atoms with Crippen molar-refractivity contribution < 1.29 is 9.59 Å². The van der Waals surface area contributed by atoms with Crippen molar-refractivity contribution in [3.63, 3.8) is 0 Å². The fourth-order valence-electron chi connectivity index (χ4n) is 3.27. The fraction of sp³-hybridized carbons (Fsp3) is 0.250. The monoisotopic (exact) mass is 279 g/mol. The van der Waals surface area contributed by atoms with Crippen molar-refractivity contribution in [3.05, 3.63) is 41.1 Å². The maximum atomic E-state index is 12.8. The number of nitrogens with zero attached hydrogens (tertiary/aromatic N) is 2. The highest BCUT2D eigenvalue weighted by molar-refractivity contribution is 6.15. The van der Waals surface area contributed by atoms with Gasteiger partial charge >= 0.3 is 0 Å². The lowest BCUT2D eigenvalue weighted by Crippen LogP contribution is -2.38. The van der Waals surface area contributed by atoms with Crippen LogP contribution in [0.3, 0.4) is 0 Å². The number of aryl methyl sites for hydroxylation is 1.